The first-order valence-corrected chi connectivity index (χ1v) is 13.2. The van der Waals surface area contributed by atoms with E-state index in [4.69, 9.17) is 9.47 Å². The molecule has 3 saturated carbocycles. The van der Waals surface area contributed by atoms with E-state index in [1.54, 1.807) is 0 Å². The van der Waals surface area contributed by atoms with Gasteiger partial charge < -0.3 is 24.8 Å². The van der Waals surface area contributed by atoms with E-state index < -0.39 is 18.0 Å². The summed E-state index contributed by atoms with van der Waals surface area (Å²) in [4.78, 5) is 0. The van der Waals surface area contributed by atoms with Crippen LogP contribution in [0.1, 0.15) is 72.6 Å². The van der Waals surface area contributed by atoms with E-state index in [0.717, 1.165) is 45.1 Å². The molecular formula is C27H42O5. The lowest BCUT2D eigenvalue weighted by molar-refractivity contribution is -0.274. The number of hydrogen-bond acceptors (Lipinski definition) is 5. The topological polar surface area (TPSA) is 79.2 Å². The first kappa shape index (κ1) is 22.0. The lowest BCUT2D eigenvalue weighted by atomic mass is 9.45. The summed E-state index contributed by atoms with van der Waals surface area (Å²) in [6, 6.07) is 0. The Hall–Kier alpha value is -0.460. The maximum absolute atomic E-state index is 11.7. The maximum atomic E-state index is 11.7. The van der Waals surface area contributed by atoms with Crippen LogP contribution in [0, 0.1) is 46.3 Å². The molecule has 2 saturated heterocycles. The third-order valence-corrected chi connectivity index (χ3v) is 11.3. The van der Waals surface area contributed by atoms with Crippen LogP contribution < -0.4 is 0 Å². The Kier molecular flexibility index (Phi) is 4.84. The molecule has 1 spiro atoms. The van der Waals surface area contributed by atoms with Crippen molar-refractivity contribution in [2.24, 2.45) is 46.3 Å². The highest BCUT2D eigenvalue weighted by molar-refractivity contribution is 5.29. The van der Waals surface area contributed by atoms with Crippen molar-refractivity contribution >= 4 is 0 Å². The molecule has 3 N–H and O–H groups in total. The molecule has 5 nitrogen and oxygen atoms in total. The fourth-order valence-corrected chi connectivity index (χ4v) is 9.77. The SMILES string of the molecule is C[C@@H]1CC[C@@]2(OC1)O[C@H]1C[C@H]3[C@H]4[C@H]([C@H](O)C[C@]3(C)[C@H]1[C@@H]2C)[C@@]1(C)CC[C@H](O)CC1=C[C@@H]4O. The van der Waals surface area contributed by atoms with Crippen LogP contribution in [0.3, 0.4) is 0 Å². The van der Waals surface area contributed by atoms with Crippen LogP contribution >= 0.6 is 0 Å². The van der Waals surface area contributed by atoms with Crippen molar-refractivity contribution in [1.29, 1.82) is 0 Å². The van der Waals surface area contributed by atoms with Gasteiger partial charge in [-0.05, 0) is 78.9 Å². The van der Waals surface area contributed by atoms with Gasteiger partial charge in [0.1, 0.15) is 0 Å². The molecule has 6 aliphatic rings. The summed E-state index contributed by atoms with van der Waals surface area (Å²) < 4.78 is 13.2. The standard InChI is InChI=1S/C27H42O5/c1-14-5-8-27(31-13-14)15(2)23-21(32-27)11-18-22-19(29)10-16-9-17(28)6-7-25(16,3)24(22)20(30)12-26(18,23)4/h10,14-15,17-24,28-30H,5-9,11-13H2,1-4H3/t14-,15+,17+,18+,19+,20-,21+,22-,23+,24+,25+,26+,27-/m1/s1. The lowest BCUT2D eigenvalue weighted by Crippen LogP contribution is -2.60. The maximum Gasteiger partial charge on any atom is 0.171 e. The molecule has 4 aliphatic carbocycles. The van der Waals surface area contributed by atoms with Gasteiger partial charge in [-0.1, -0.05) is 39.3 Å². The molecule has 5 heteroatoms. The Balaban J connectivity index is 1.34. The fraction of sp³-hybridized carbons (Fsp3) is 0.926. The van der Waals surface area contributed by atoms with Gasteiger partial charge >= 0.3 is 0 Å². The quantitative estimate of drug-likeness (QED) is 0.495. The van der Waals surface area contributed by atoms with Crippen molar-refractivity contribution in [2.75, 3.05) is 6.61 Å². The van der Waals surface area contributed by atoms with Crippen LogP contribution in [0.2, 0.25) is 0 Å². The van der Waals surface area contributed by atoms with Crippen molar-refractivity contribution in [3.63, 3.8) is 0 Å². The highest BCUT2D eigenvalue weighted by Gasteiger charge is 2.71. The van der Waals surface area contributed by atoms with E-state index in [0.29, 0.717) is 30.1 Å². The summed E-state index contributed by atoms with van der Waals surface area (Å²) in [5.41, 5.74) is 0.981. The molecule has 180 valence electrons. The highest BCUT2D eigenvalue weighted by atomic mass is 16.7. The lowest BCUT2D eigenvalue weighted by Gasteiger charge is -2.61. The summed E-state index contributed by atoms with van der Waals surface area (Å²) in [6.07, 6.45) is 7.04. The van der Waals surface area contributed by atoms with Gasteiger partial charge in [-0.2, -0.15) is 0 Å². The van der Waals surface area contributed by atoms with Gasteiger partial charge in [0.2, 0.25) is 0 Å². The number of ether oxygens (including phenoxy) is 2. The van der Waals surface area contributed by atoms with E-state index in [-0.39, 0.29) is 34.9 Å². The van der Waals surface area contributed by atoms with Crippen LogP contribution in [0.15, 0.2) is 11.6 Å². The molecule has 0 aromatic rings. The van der Waals surface area contributed by atoms with Gasteiger partial charge in [0.25, 0.3) is 0 Å². The molecule has 6 rings (SSSR count). The summed E-state index contributed by atoms with van der Waals surface area (Å²) in [6.45, 7) is 9.98. The Labute approximate surface area is 192 Å². The van der Waals surface area contributed by atoms with Gasteiger partial charge in [0.05, 0.1) is 31.0 Å². The Bertz CT molecular complexity index is 802. The van der Waals surface area contributed by atoms with E-state index in [2.05, 4.69) is 27.7 Å². The molecule has 0 amide bonds. The minimum absolute atomic E-state index is 0.0531. The van der Waals surface area contributed by atoms with Crippen LogP contribution in [-0.2, 0) is 9.47 Å². The number of fused-ring (bicyclic) bond motifs is 7. The first-order valence-electron chi connectivity index (χ1n) is 13.2. The molecule has 0 bridgehead atoms. The third kappa shape index (κ3) is 2.75. The third-order valence-electron chi connectivity index (χ3n) is 11.3. The van der Waals surface area contributed by atoms with Gasteiger partial charge in [0.15, 0.2) is 5.79 Å². The zero-order valence-corrected chi connectivity index (χ0v) is 20.2. The molecule has 2 heterocycles. The van der Waals surface area contributed by atoms with Crippen molar-refractivity contribution in [1.82, 2.24) is 0 Å². The molecule has 5 fully saturated rings. The highest BCUT2D eigenvalue weighted by Crippen LogP contribution is 2.70. The second kappa shape index (κ2) is 7.04. The smallest absolute Gasteiger partial charge is 0.171 e. The number of aliphatic hydroxyl groups is 3. The summed E-state index contributed by atoms with van der Waals surface area (Å²) >= 11 is 0. The number of aliphatic hydroxyl groups excluding tert-OH is 3. The van der Waals surface area contributed by atoms with E-state index in [9.17, 15) is 15.3 Å². The van der Waals surface area contributed by atoms with Crippen LogP contribution in [0.25, 0.3) is 0 Å². The van der Waals surface area contributed by atoms with Gasteiger partial charge in [-0.15, -0.1) is 0 Å². The molecule has 0 unspecified atom stereocenters. The van der Waals surface area contributed by atoms with Crippen molar-refractivity contribution < 1.29 is 24.8 Å². The van der Waals surface area contributed by atoms with E-state index in [1.807, 2.05) is 6.08 Å². The van der Waals surface area contributed by atoms with E-state index in [1.165, 1.54) is 5.57 Å². The number of hydrogen-bond donors (Lipinski definition) is 3. The van der Waals surface area contributed by atoms with E-state index >= 15 is 0 Å². The van der Waals surface area contributed by atoms with Crippen molar-refractivity contribution in [2.45, 2.75) is 103 Å². The van der Waals surface area contributed by atoms with Gasteiger partial charge in [-0.25, -0.2) is 0 Å². The summed E-state index contributed by atoms with van der Waals surface area (Å²) in [7, 11) is 0. The Morgan fingerprint density at radius 3 is 2.53 bits per heavy atom. The van der Waals surface area contributed by atoms with Crippen molar-refractivity contribution in [3.8, 4) is 0 Å². The molecule has 0 aromatic carbocycles. The predicted molar refractivity (Wildman–Crippen MR) is 120 cm³/mol. The zero-order valence-electron chi connectivity index (χ0n) is 20.2. The van der Waals surface area contributed by atoms with Crippen LogP contribution in [0.5, 0.6) is 0 Å². The summed E-state index contributed by atoms with van der Waals surface area (Å²) in [5.74, 6) is 1.23. The molecule has 0 aromatic heterocycles. The molecule has 2 aliphatic heterocycles. The Morgan fingerprint density at radius 2 is 1.81 bits per heavy atom. The van der Waals surface area contributed by atoms with Crippen LogP contribution in [0.4, 0.5) is 0 Å². The second-order valence-corrected chi connectivity index (χ2v) is 13.0. The van der Waals surface area contributed by atoms with Crippen LogP contribution in [-0.4, -0.2) is 52.1 Å². The largest absolute Gasteiger partial charge is 0.393 e. The molecule has 32 heavy (non-hydrogen) atoms. The average Bonchev–Trinajstić information content (AvgIpc) is 3.16. The predicted octanol–water partition coefficient (Wildman–Crippen LogP) is 3.66. The van der Waals surface area contributed by atoms with Gasteiger partial charge in [-0.3, -0.25) is 0 Å². The minimum atomic E-state index is -0.553. The number of rotatable bonds is 0. The second-order valence-electron chi connectivity index (χ2n) is 13.0. The average molecular weight is 447 g/mol. The molecular weight excluding hydrogens is 404 g/mol. The molecule has 0 radical (unpaired) electrons. The fourth-order valence-electron chi connectivity index (χ4n) is 9.77. The van der Waals surface area contributed by atoms with Crippen molar-refractivity contribution in [3.05, 3.63) is 11.6 Å². The zero-order chi connectivity index (χ0) is 22.6. The Morgan fingerprint density at radius 1 is 1.03 bits per heavy atom. The normalized spacial score (nSPS) is 61.5. The first-order chi connectivity index (χ1) is 15.1. The summed E-state index contributed by atoms with van der Waals surface area (Å²) in [5, 5.41) is 33.3. The minimum Gasteiger partial charge on any atom is -0.393 e. The molecule has 13 atom stereocenters. The monoisotopic (exact) mass is 446 g/mol. The van der Waals surface area contributed by atoms with Gasteiger partial charge in [0, 0.05) is 12.3 Å².